The van der Waals surface area contributed by atoms with Crippen LogP contribution in [0.4, 0.5) is 0 Å². The zero-order chi connectivity index (χ0) is 16.4. The van der Waals surface area contributed by atoms with Gasteiger partial charge in [-0.05, 0) is 30.5 Å². The summed E-state index contributed by atoms with van der Waals surface area (Å²) in [6.45, 7) is 2.34. The van der Waals surface area contributed by atoms with E-state index in [-0.39, 0.29) is 18.5 Å². The minimum Gasteiger partial charge on any atom is -0.490 e. The van der Waals surface area contributed by atoms with Crippen LogP contribution in [0.5, 0.6) is 11.5 Å². The van der Waals surface area contributed by atoms with Crippen LogP contribution >= 0.6 is 0 Å². The summed E-state index contributed by atoms with van der Waals surface area (Å²) in [5, 5.41) is 4.01. The number of fused-ring (bicyclic) bond motifs is 1. The van der Waals surface area contributed by atoms with Crippen molar-refractivity contribution in [2.45, 2.75) is 31.8 Å². The quantitative estimate of drug-likeness (QED) is 0.859. The lowest BCUT2D eigenvalue weighted by Crippen LogP contribution is -2.33. The van der Waals surface area contributed by atoms with Gasteiger partial charge < -0.3 is 14.4 Å². The van der Waals surface area contributed by atoms with Crippen molar-refractivity contribution in [1.29, 1.82) is 0 Å². The molecule has 1 amide bonds. The number of rotatable bonds is 3. The van der Waals surface area contributed by atoms with Gasteiger partial charge in [-0.3, -0.25) is 4.79 Å². The smallest absolute Gasteiger partial charge is 0.244 e. The molecule has 0 radical (unpaired) electrons. The highest BCUT2D eigenvalue weighted by atomic mass is 16.5. The number of ether oxygens (including phenoxy) is 2. The summed E-state index contributed by atoms with van der Waals surface area (Å²) < 4.78 is 13.0. The molecule has 1 aromatic carbocycles. The second-order valence-corrected chi connectivity index (χ2v) is 6.09. The van der Waals surface area contributed by atoms with Crippen molar-refractivity contribution in [2.75, 3.05) is 19.8 Å². The van der Waals surface area contributed by atoms with Crippen LogP contribution in [0.1, 0.15) is 30.9 Å². The molecule has 0 aliphatic carbocycles. The molecule has 126 valence electrons. The number of likely N-dealkylation sites (tertiary alicyclic amines) is 1. The summed E-state index contributed by atoms with van der Waals surface area (Å²) in [6, 6.07) is 6.10. The van der Waals surface area contributed by atoms with Gasteiger partial charge in [0, 0.05) is 13.0 Å². The van der Waals surface area contributed by atoms with Crippen LogP contribution in [0.2, 0.25) is 0 Å². The normalized spacial score (nSPS) is 20.0. The molecule has 3 heterocycles. The summed E-state index contributed by atoms with van der Waals surface area (Å²) in [6.07, 6.45) is 5.86. The van der Waals surface area contributed by atoms with E-state index in [2.05, 4.69) is 10.1 Å². The fourth-order valence-corrected chi connectivity index (χ4v) is 3.34. The van der Waals surface area contributed by atoms with Crippen LogP contribution in [0.3, 0.4) is 0 Å². The second kappa shape index (κ2) is 6.51. The lowest BCUT2D eigenvalue weighted by molar-refractivity contribution is -0.133. The molecule has 1 fully saturated rings. The Bertz CT molecular complexity index is 717. The van der Waals surface area contributed by atoms with E-state index >= 15 is 0 Å². The van der Waals surface area contributed by atoms with Gasteiger partial charge in [-0.2, -0.15) is 5.10 Å². The maximum Gasteiger partial charge on any atom is 0.244 e. The first-order valence-corrected chi connectivity index (χ1v) is 8.33. The molecular formula is C17H20N4O3. The molecule has 4 rings (SSSR count). The molecule has 0 saturated carbocycles. The van der Waals surface area contributed by atoms with Crippen molar-refractivity contribution in [3.05, 3.63) is 36.4 Å². The minimum atomic E-state index is 0.0649. The van der Waals surface area contributed by atoms with Crippen LogP contribution in [0, 0.1) is 0 Å². The van der Waals surface area contributed by atoms with Gasteiger partial charge in [-0.1, -0.05) is 6.07 Å². The summed E-state index contributed by atoms with van der Waals surface area (Å²) in [7, 11) is 0. The third-order valence-electron chi connectivity index (χ3n) is 4.49. The first-order valence-electron chi connectivity index (χ1n) is 8.33. The molecule has 24 heavy (non-hydrogen) atoms. The van der Waals surface area contributed by atoms with Gasteiger partial charge in [0.1, 0.15) is 19.2 Å². The van der Waals surface area contributed by atoms with Gasteiger partial charge in [0.2, 0.25) is 5.91 Å². The molecule has 2 aliphatic rings. The molecule has 1 saturated heterocycles. The fourth-order valence-electron chi connectivity index (χ4n) is 3.34. The first-order chi connectivity index (χ1) is 11.8. The number of benzene rings is 1. The lowest BCUT2D eigenvalue weighted by Gasteiger charge is -2.25. The van der Waals surface area contributed by atoms with Gasteiger partial charge >= 0.3 is 0 Å². The summed E-state index contributed by atoms with van der Waals surface area (Å²) in [5.41, 5.74) is 1.10. The monoisotopic (exact) mass is 328 g/mol. The van der Waals surface area contributed by atoms with Crippen molar-refractivity contribution in [3.63, 3.8) is 0 Å². The molecule has 1 aromatic heterocycles. The Balaban J connectivity index is 1.54. The third kappa shape index (κ3) is 2.93. The Morgan fingerprint density at radius 3 is 2.92 bits per heavy atom. The van der Waals surface area contributed by atoms with Crippen molar-refractivity contribution in [2.24, 2.45) is 0 Å². The van der Waals surface area contributed by atoms with Crippen molar-refractivity contribution >= 4 is 5.91 Å². The Labute approximate surface area is 140 Å². The SMILES string of the molecule is O=C(Cn1cncn1)N1CCC[C@@H]1c1ccc2c(c1)OCCCO2. The number of hydrogen-bond donors (Lipinski definition) is 0. The molecule has 1 atom stereocenters. The average Bonchev–Trinajstić information content (AvgIpc) is 3.22. The summed E-state index contributed by atoms with van der Waals surface area (Å²) in [5.74, 6) is 1.63. The van der Waals surface area contributed by atoms with Gasteiger partial charge in [0.15, 0.2) is 11.5 Å². The number of amides is 1. The number of nitrogens with zero attached hydrogens (tertiary/aromatic N) is 4. The maximum atomic E-state index is 12.6. The van der Waals surface area contributed by atoms with E-state index in [9.17, 15) is 4.79 Å². The van der Waals surface area contributed by atoms with E-state index in [0.29, 0.717) is 13.2 Å². The van der Waals surface area contributed by atoms with Crippen molar-refractivity contribution in [3.8, 4) is 11.5 Å². The Morgan fingerprint density at radius 2 is 2.08 bits per heavy atom. The number of carbonyl (C=O) groups is 1. The van der Waals surface area contributed by atoms with Gasteiger partial charge in [0.05, 0.1) is 19.3 Å². The van der Waals surface area contributed by atoms with Gasteiger partial charge in [-0.25, -0.2) is 9.67 Å². The molecule has 0 unspecified atom stereocenters. The van der Waals surface area contributed by atoms with Crippen LogP contribution in [0.15, 0.2) is 30.9 Å². The van der Waals surface area contributed by atoms with E-state index in [0.717, 1.165) is 42.9 Å². The van der Waals surface area contributed by atoms with E-state index in [1.807, 2.05) is 23.1 Å². The zero-order valence-electron chi connectivity index (χ0n) is 13.4. The summed E-state index contributed by atoms with van der Waals surface area (Å²) in [4.78, 5) is 18.4. The Hall–Kier alpha value is -2.57. The zero-order valence-corrected chi connectivity index (χ0v) is 13.4. The van der Waals surface area contributed by atoms with Crippen molar-refractivity contribution < 1.29 is 14.3 Å². The second-order valence-electron chi connectivity index (χ2n) is 6.09. The molecule has 7 nitrogen and oxygen atoms in total. The van der Waals surface area contributed by atoms with E-state index in [1.54, 1.807) is 11.0 Å². The van der Waals surface area contributed by atoms with E-state index < -0.39 is 0 Å². The fraction of sp³-hybridized carbons (Fsp3) is 0.471. The molecular weight excluding hydrogens is 308 g/mol. The number of hydrogen-bond acceptors (Lipinski definition) is 5. The molecule has 7 heteroatoms. The van der Waals surface area contributed by atoms with E-state index in [1.165, 1.54) is 6.33 Å². The molecule has 2 aromatic rings. The molecule has 0 spiro atoms. The Morgan fingerprint density at radius 1 is 1.21 bits per heavy atom. The molecule has 0 N–H and O–H groups in total. The maximum absolute atomic E-state index is 12.6. The Kier molecular flexibility index (Phi) is 4.06. The van der Waals surface area contributed by atoms with Crippen molar-refractivity contribution in [1.82, 2.24) is 19.7 Å². The first kappa shape index (κ1) is 15.0. The highest BCUT2D eigenvalue weighted by Gasteiger charge is 2.30. The molecule has 2 aliphatic heterocycles. The van der Waals surface area contributed by atoms with Gasteiger partial charge in [0.25, 0.3) is 0 Å². The molecule has 0 bridgehead atoms. The van der Waals surface area contributed by atoms with Gasteiger partial charge in [-0.15, -0.1) is 0 Å². The van der Waals surface area contributed by atoms with Crippen LogP contribution in [0.25, 0.3) is 0 Å². The average molecular weight is 328 g/mol. The third-order valence-corrected chi connectivity index (χ3v) is 4.49. The lowest BCUT2D eigenvalue weighted by atomic mass is 10.0. The largest absolute Gasteiger partial charge is 0.490 e. The highest BCUT2D eigenvalue weighted by molar-refractivity contribution is 5.76. The topological polar surface area (TPSA) is 69.5 Å². The number of aromatic nitrogens is 3. The van der Waals surface area contributed by atoms with Crippen LogP contribution < -0.4 is 9.47 Å². The summed E-state index contributed by atoms with van der Waals surface area (Å²) >= 11 is 0. The standard InChI is InChI=1S/C17H20N4O3/c22-17(10-20-12-18-11-19-20)21-6-1-3-14(21)13-4-5-15-16(9-13)24-8-2-7-23-15/h4-5,9,11-12,14H,1-3,6-8,10H2/t14-/m1/s1. The minimum absolute atomic E-state index is 0.0649. The predicted molar refractivity (Wildman–Crippen MR) is 85.8 cm³/mol. The van der Waals surface area contributed by atoms with Crippen LogP contribution in [-0.2, 0) is 11.3 Å². The highest BCUT2D eigenvalue weighted by Crippen LogP contribution is 2.37. The number of carbonyl (C=O) groups excluding carboxylic acids is 1. The van der Waals surface area contributed by atoms with Crippen LogP contribution in [-0.4, -0.2) is 45.3 Å². The van der Waals surface area contributed by atoms with E-state index in [4.69, 9.17) is 9.47 Å². The predicted octanol–water partition coefficient (Wildman–Crippen LogP) is 1.80.